The van der Waals surface area contributed by atoms with Gasteiger partial charge in [-0.2, -0.15) is 0 Å². The van der Waals surface area contributed by atoms with Crippen LogP contribution in [0.15, 0.2) is 41.3 Å². The van der Waals surface area contributed by atoms with Gasteiger partial charge < -0.3 is 15.1 Å². The molecule has 5 nitrogen and oxygen atoms in total. The Hall–Kier alpha value is -2.30. The standard InChI is InChI=1S/C14H15N3O2/c15-14(18)10-9-16-6-5-11(10)17-7-1-3-12(17)13-4-2-8-19-13/h2,4-6,8-9,12H,1,3,7H2,(H2,15,18). The molecule has 2 N–H and O–H groups in total. The fourth-order valence-corrected chi connectivity index (χ4v) is 2.66. The third-order valence-electron chi connectivity index (χ3n) is 3.50. The van der Waals surface area contributed by atoms with Gasteiger partial charge in [0.1, 0.15) is 5.76 Å². The molecule has 0 saturated carbocycles. The summed E-state index contributed by atoms with van der Waals surface area (Å²) in [5.74, 6) is 0.470. The van der Waals surface area contributed by atoms with Gasteiger partial charge in [-0.3, -0.25) is 9.78 Å². The van der Waals surface area contributed by atoms with Crippen LogP contribution < -0.4 is 10.6 Å². The molecule has 1 saturated heterocycles. The van der Waals surface area contributed by atoms with Crippen LogP contribution in [-0.2, 0) is 0 Å². The van der Waals surface area contributed by atoms with Crippen LogP contribution in [0.2, 0.25) is 0 Å². The smallest absolute Gasteiger partial charge is 0.252 e. The average Bonchev–Trinajstić information content (AvgIpc) is 3.09. The maximum Gasteiger partial charge on any atom is 0.252 e. The summed E-state index contributed by atoms with van der Waals surface area (Å²) in [5, 5.41) is 0. The first-order valence-corrected chi connectivity index (χ1v) is 6.31. The van der Waals surface area contributed by atoms with Gasteiger partial charge in [0.25, 0.3) is 5.91 Å². The first kappa shape index (κ1) is 11.8. The molecular formula is C14H15N3O2. The normalized spacial score (nSPS) is 18.7. The number of carbonyl (C=O) groups is 1. The van der Waals surface area contributed by atoms with Crippen molar-refractivity contribution in [1.82, 2.24) is 4.98 Å². The first-order chi connectivity index (χ1) is 9.27. The van der Waals surface area contributed by atoms with E-state index in [1.54, 1.807) is 12.5 Å². The molecule has 2 aromatic heterocycles. The summed E-state index contributed by atoms with van der Waals surface area (Å²) in [7, 11) is 0. The van der Waals surface area contributed by atoms with E-state index in [2.05, 4.69) is 9.88 Å². The Kier molecular flexibility index (Phi) is 2.95. The average molecular weight is 257 g/mol. The number of carbonyl (C=O) groups excluding carboxylic acids is 1. The van der Waals surface area contributed by atoms with Gasteiger partial charge in [0.05, 0.1) is 23.6 Å². The predicted octanol–water partition coefficient (Wildman–Crippen LogP) is 2.12. The molecule has 1 amide bonds. The molecule has 0 radical (unpaired) electrons. The van der Waals surface area contributed by atoms with Crippen LogP contribution in [-0.4, -0.2) is 17.4 Å². The summed E-state index contributed by atoms with van der Waals surface area (Å²) >= 11 is 0. The van der Waals surface area contributed by atoms with E-state index >= 15 is 0 Å². The molecule has 0 aromatic carbocycles. The molecule has 1 unspecified atom stereocenters. The van der Waals surface area contributed by atoms with E-state index in [9.17, 15) is 4.79 Å². The largest absolute Gasteiger partial charge is 0.467 e. The number of nitrogens with zero attached hydrogens (tertiary/aromatic N) is 2. The van der Waals surface area contributed by atoms with Crippen molar-refractivity contribution in [2.75, 3.05) is 11.4 Å². The molecule has 0 bridgehead atoms. The number of aromatic nitrogens is 1. The Labute approximate surface area is 111 Å². The van der Waals surface area contributed by atoms with Crippen LogP contribution in [0.25, 0.3) is 0 Å². The van der Waals surface area contributed by atoms with Gasteiger partial charge in [-0.15, -0.1) is 0 Å². The molecule has 3 heterocycles. The fourth-order valence-electron chi connectivity index (χ4n) is 2.66. The third kappa shape index (κ3) is 2.07. The second-order valence-electron chi connectivity index (χ2n) is 4.62. The summed E-state index contributed by atoms with van der Waals surface area (Å²) in [5.41, 5.74) is 6.71. The molecule has 98 valence electrons. The van der Waals surface area contributed by atoms with E-state index in [0.717, 1.165) is 30.8 Å². The van der Waals surface area contributed by atoms with Crippen molar-refractivity contribution in [2.24, 2.45) is 5.73 Å². The SMILES string of the molecule is NC(=O)c1cnccc1N1CCCC1c1ccco1. The van der Waals surface area contributed by atoms with E-state index in [1.807, 2.05) is 18.2 Å². The Morgan fingerprint density at radius 3 is 3.11 bits per heavy atom. The van der Waals surface area contributed by atoms with E-state index in [-0.39, 0.29) is 6.04 Å². The first-order valence-electron chi connectivity index (χ1n) is 6.31. The highest BCUT2D eigenvalue weighted by Gasteiger charge is 2.30. The number of nitrogens with two attached hydrogens (primary N) is 1. The number of amides is 1. The Bertz CT molecular complexity index is 580. The van der Waals surface area contributed by atoms with Gasteiger partial charge in [0.2, 0.25) is 0 Å². The van der Waals surface area contributed by atoms with Crippen LogP contribution >= 0.6 is 0 Å². The Morgan fingerprint density at radius 2 is 2.37 bits per heavy atom. The van der Waals surface area contributed by atoms with Crippen molar-refractivity contribution >= 4 is 11.6 Å². The summed E-state index contributed by atoms with van der Waals surface area (Å²) in [6, 6.07) is 5.85. The molecule has 1 aliphatic heterocycles. The van der Waals surface area contributed by atoms with Gasteiger partial charge >= 0.3 is 0 Å². The van der Waals surface area contributed by atoms with Crippen LogP contribution in [0, 0.1) is 0 Å². The quantitative estimate of drug-likeness (QED) is 0.914. The highest BCUT2D eigenvalue weighted by Crippen LogP contribution is 2.37. The van der Waals surface area contributed by atoms with Gasteiger partial charge in [-0.05, 0) is 31.0 Å². The Balaban J connectivity index is 1.99. The summed E-state index contributed by atoms with van der Waals surface area (Å²) in [6.07, 6.45) is 6.95. The third-order valence-corrected chi connectivity index (χ3v) is 3.50. The molecule has 19 heavy (non-hydrogen) atoms. The lowest BCUT2D eigenvalue weighted by Gasteiger charge is -2.26. The van der Waals surface area contributed by atoms with Crippen molar-refractivity contribution in [3.05, 3.63) is 48.2 Å². The number of primary amides is 1. The lowest BCUT2D eigenvalue weighted by Crippen LogP contribution is -2.26. The van der Waals surface area contributed by atoms with Crippen molar-refractivity contribution < 1.29 is 9.21 Å². The topological polar surface area (TPSA) is 72.4 Å². The zero-order valence-electron chi connectivity index (χ0n) is 10.5. The zero-order chi connectivity index (χ0) is 13.2. The maximum absolute atomic E-state index is 11.5. The van der Waals surface area contributed by atoms with Gasteiger partial charge in [0, 0.05) is 18.9 Å². The van der Waals surface area contributed by atoms with Crippen LogP contribution in [0.4, 0.5) is 5.69 Å². The monoisotopic (exact) mass is 257 g/mol. The van der Waals surface area contributed by atoms with Gasteiger partial charge in [-0.25, -0.2) is 0 Å². The second-order valence-corrected chi connectivity index (χ2v) is 4.62. The van der Waals surface area contributed by atoms with Crippen molar-refractivity contribution in [3.8, 4) is 0 Å². The van der Waals surface area contributed by atoms with E-state index in [4.69, 9.17) is 10.2 Å². The van der Waals surface area contributed by atoms with Gasteiger partial charge in [0.15, 0.2) is 0 Å². The molecule has 1 aliphatic rings. The minimum atomic E-state index is -0.451. The second kappa shape index (κ2) is 4.76. The van der Waals surface area contributed by atoms with E-state index in [0.29, 0.717) is 5.56 Å². The molecule has 1 atom stereocenters. The lowest BCUT2D eigenvalue weighted by atomic mass is 10.1. The highest BCUT2D eigenvalue weighted by molar-refractivity contribution is 5.98. The number of rotatable bonds is 3. The summed E-state index contributed by atoms with van der Waals surface area (Å²) in [6.45, 7) is 0.885. The predicted molar refractivity (Wildman–Crippen MR) is 70.8 cm³/mol. The van der Waals surface area contributed by atoms with E-state index in [1.165, 1.54) is 6.20 Å². The molecule has 1 fully saturated rings. The van der Waals surface area contributed by atoms with Gasteiger partial charge in [-0.1, -0.05) is 0 Å². The maximum atomic E-state index is 11.5. The van der Waals surface area contributed by atoms with Crippen molar-refractivity contribution in [2.45, 2.75) is 18.9 Å². The van der Waals surface area contributed by atoms with Crippen LogP contribution in [0.3, 0.4) is 0 Å². The number of hydrogen-bond donors (Lipinski definition) is 1. The fraction of sp³-hybridized carbons (Fsp3) is 0.286. The van der Waals surface area contributed by atoms with Crippen molar-refractivity contribution in [1.29, 1.82) is 0 Å². The lowest BCUT2D eigenvalue weighted by molar-refractivity contribution is 0.100. The van der Waals surface area contributed by atoms with Crippen LogP contribution in [0.5, 0.6) is 0 Å². The number of hydrogen-bond acceptors (Lipinski definition) is 4. The number of furan rings is 1. The molecule has 5 heteroatoms. The molecule has 0 aliphatic carbocycles. The highest BCUT2D eigenvalue weighted by atomic mass is 16.3. The Morgan fingerprint density at radius 1 is 1.47 bits per heavy atom. The molecule has 2 aromatic rings. The zero-order valence-corrected chi connectivity index (χ0v) is 10.5. The molecular weight excluding hydrogens is 242 g/mol. The molecule has 3 rings (SSSR count). The summed E-state index contributed by atoms with van der Waals surface area (Å²) in [4.78, 5) is 17.6. The van der Waals surface area contributed by atoms with Crippen LogP contribution in [0.1, 0.15) is 35.0 Å². The minimum Gasteiger partial charge on any atom is -0.467 e. The number of anilines is 1. The van der Waals surface area contributed by atoms with E-state index < -0.39 is 5.91 Å². The van der Waals surface area contributed by atoms with Crippen molar-refractivity contribution in [3.63, 3.8) is 0 Å². The summed E-state index contributed by atoms with van der Waals surface area (Å²) < 4.78 is 5.50. The molecule has 0 spiro atoms. The minimum absolute atomic E-state index is 0.162. The number of pyridine rings is 1.